The molecule has 0 fully saturated rings. The summed E-state index contributed by atoms with van der Waals surface area (Å²) in [6.07, 6.45) is 1.08. The molecule has 0 spiro atoms. The molecule has 0 saturated carbocycles. The molecule has 0 unspecified atom stereocenters. The Morgan fingerprint density at radius 3 is 2.56 bits per heavy atom. The van der Waals surface area contributed by atoms with Crippen LogP contribution in [0.5, 0.6) is 11.5 Å². The van der Waals surface area contributed by atoms with Crippen LogP contribution < -0.4 is 14.8 Å². The summed E-state index contributed by atoms with van der Waals surface area (Å²) in [5.74, 6) is 1.46. The van der Waals surface area contributed by atoms with Gasteiger partial charge in [0.1, 0.15) is 11.5 Å². The number of methoxy groups -OCH3 is 2. The lowest BCUT2D eigenvalue weighted by Crippen LogP contribution is -2.23. The second-order valence-corrected chi connectivity index (χ2v) is 6.22. The number of rotatable bonds is 8. The summed E-state index contributed by atoms with van der Waals surface area (Å²) in [6, 6.07) is 19.7. The molecular formula is C22H24N2O3. The van der Waals surface area contributed by atoms with Crippen LogP contribution in [-0.4, -0.2) is 25.1 Å². The highest BCUT2D eigenvalue weighted by Crippen LogP contribution is 2.24. The molecule has 0 aliphatic carbocycles. The fourth-order valence-electron chi connectivity index (χ4n) is 2.92. The number of amides is 1. The zero-order valence-corrected chi connectivity index (χ0v) is 15.6. The second kappa shape index (κ2) is 8.94. The Kier molecular flexibility index (Phi) is 6.15. The number of aryl methyl sites for hydroxylation is 1. The van der Waals surface area contributed by atoms with Gasteiger partial charge in [0.15, 0.2) is 0 Å². The summed E-state index contributed by atoms with van der Waals surface area (Å²) in [7, 11) is 3.23. The normalized spacial score (nSPS) is 10.4. The van der Waals surface area contributed by atoms with Crippen LogP contribution in [0.1, 0.15) is 17.7 Å². The molecule has 0 radical (unpaired) electrons. The van der Waals surface area contributed by atoms with Gasteiger partial charge in [-0.1, -0.05) is 30.3 Å². The van der Waals surface area contributed by atoms with E-state index in [9.17, 15) is 4.79 Å². The predicted octanol–water partition coefficient (Wildman–Crippen LogP) is 3.95. The molecule has 0 saturated heterocycles. The average Bonchev–Trinajstić information content (AvgIpc) is 3.20. The lowest BCUT2D eigenvalue weighted by atomic mass is 10.1. The van der Waals surface area contributed by atoms with Crippen molar-refractivity contribution in [2.45, 2.75) is 19.4 Å². The van der Waals surface area contributed by atoms with Crippen molar-refractivity contribution in [3.63, 3.8) is 0 Å². The van der Waals surface area contributed by atoms with E-state index >= 15 is 0 Å². The van der Waals surface area contributed by atoms with E-state index < -0.39 is 0 Å². The number of aromatic amines is 1. The molecule has 1 heterocycles. The number of aromatic nitrogens is 1. The van der Waals surface area contributed by atoms with Crippen molar-refractivity contribution in [1.82, 2.24) is 10.3 Å². The highest BCUT2D eigenvalue weighted by molar-refractivity contribution is 5.76. The van der Waals surface area contributed by atoms with Crippen molar-refractivity contribution in [2.75, 3.05) is 14.2 Å². The minimum absolute atomic E-state index is 0.00395. The molecule has 3 aromatic rings. The van der Waals surface area contributed by atoms with Gasteiger partial charge in [0.2, 0.25) is 5.91 Å². The van der Waals surface area contributed by atoms with Crippen LogP contribution in [0.15, 0.2) is 60.7 Å². The van der Waals surface area contributed by atoms with Crippen molar-refractivity contribution < 1.29 is 14.3 Å². The van der Waals surface area contributed by atoms with Crippen molar-refractivity contribution in [2.24, 2.45) is 0 Å². The second-order valence-electron chi connectivity index (χ2n) is 6.22. The Bertz CT molecular complexity index is 888. The van der Waals surface area contributed by atoms with Crippen molar-refractivity contribution in [3.8, 4) is 22.8 Å². The first kappa shape index (κ1) is 18.6. The number of H-pyrrole nitrogens is 1. The molecule has 5 heteroatoms. The van der Waals surface area contributed by atoms with Crippen molar-refractivity contribution >= 4 is 5.91 Å². The molecule has 1 aromatic heterocycles. The van der Waals surface area contributed by atoms with Gasteiger partial charge in [-0.05, 0) is 42.3 Å². The maximum Gasteiger partial charge on any atom is 0.220 e. The Labute approximate surface area is 159 Å². The molecule has 140 valence electrons. The van der Waals surface area contributed by atoms with E-state index in [1.54, 1.807) is 14.2 Å². The number of hydrogen-bond acceptors (Lipinski definition) is 3. The van der Waals surface area contributed by atoms with Crippen LogP contribution in [0.3, 0.4) is 0 Å². The molecule has 27 heavy (non-hydrogen) atoms. The maximum atomic E-state index is 12.2. The average molecular weight is 364 g/mol. The number of benzene rings is 2. The monoisotopic (exact) mass is 364 g/mol. The van der Waals surface area contributed by atoms with Gasteiger partial charge in [-0.15, -0.1) is 0 Å². The van der Waals surface area contributed by atoms with E-state index in [0.29, 0.717) is 19.4 Å². The van der Waals surface area contributed by atoms with Crippen LogP contribution in [0, 0.1) is 0 Å². The largest absolute Gasteiger partial charge is 0.497 e. The lowest BCUT2D eigenvalue weighted by molar-refractivity contribution is -0.121. The Hall–Kier alpha value is -3.21. The van der Waals surface area contributed by atoms with Crippen LogP contribution in [0.2, 0.25) is 0 Å². The first-order chi connectivity index (χ1) is 13.2. The summed E-state index contributed by atoms with van der Waals surface area (Å²) >= 11 is 0. The number of carbonyl (C=O) groups is 1. The highest BCUT2D eigenvalue weighted by atomic mass is 16.5. The van der Waals surface area contributed by atoms with Crippen molar-refractivity contribution in [1.29, 1.82) is 0 Å². The van der Waals surface area contributed by atoms with Gasteiger partial charge in [-0.25, -0.2) is 0 Å². The molecule has 2 aromatic carbocycles. The Morgan fingerprint density at radius 2 is 1.81 bits per heavy atom. The Balaban J connectivity index is 1.53. The predicted molar refractivity (Wildman–Crippen MR) is 106 cm³/mol. The van der Waals surface area contributed by atoms with Crippen LogP contribution in [-0.2, 0) is 17.8 Å². The molecule has 0 bridgehead atoms. The smallest absolute Gasteiger partial charge is 0.220 e. The summed E-state index contributed by atoms with van der Waals surface area (Å²) < 4.78 is 10.6. The first-order valence-electron chi connectivity index (χ1n) is 8.90. The SMILES string of the molecule is COc1ccc(OC)c(CNC(=O)CCc2ccc(-c3ccccc3)[nH]2)c1. The third kappa shape index (κ3) is 4.91. The van der Waals surface area contributed by atoms with Crippen LogP contribution >= 0.6 is 0 Å². The minimum Gasteiger partial charge on any atom is -0.497 e. The standard InChI is InChI=1S/C22H24N2O3/c1-26-19-10-12-21(27-2)17(14-19)15-23-22(25)13-9-18-8-11-20(24-18)16-6-4-3-5-7-16/h3-8,10-12,14,24H,9,13,15H2,1-2H3,(H,23,25). The van der Waals surface area contributed by atoms with Gasteiger partial charge < -0.3 is 19.8 Å². The van der Waals surface area contributed by atoms with Gasteiger partial charge in [-0.3, -0.25) is 4.79 Å². The van der Waals surface area contributed by atoms with E-state index in [1.807, 2.05) is 48.5 Å². The van der Waals surface area contributed by atoms with Gasteiger partial charge in [0.25, 0.3) is 0 Å². The van der Waals surface area contributed by atoms with E-state index in [0.717, 1.165) is 34.0 Å². The fourth-order valence-corrected chi connectivity index (χ4v) is 2.92. The summed E-state index contributed by atoms with van der Waals surface area (Å²) in [5.41, 5.74) is 4.13. The Morgan fingerprint density at radius 1 is 1.00 bits per heavy atom. The van der Waals surface area contributed by atoms with Gasteiger partial charge in [0.05, 0.1) is 14.2 Å². The fraction of sp³-hybridized carbons (Fsp3) is 0.227. The molecule has 3 rings (SSSR count). The quantitative estimate of drug-likeness (QED) is 0.636. The third-order valence-corrected chi connectivity index (χ3v) is 4.42. The lowest BCUT2D eigenvalue weighted by Gasteiger charge is -2.11. The van der Waals surface area contributed by atoms with E-state index in [4.69, 9.17) is 9.47 Å². The number of ether oxygens (including phenoxy) is 2. The molecule has 0 aliphatic heterocycles. The number of hydrogen-bond donors (Lipinski definition) is 2. The first-order valence-corrected chi connectivity index (χ1v) is 8.90. The van der Waals surface area contributed by atoms with Gasteiger partial charge >= 0.3 is 0 Å². The van der Waals surface area contributed by atoms with E-state index in [1.165, 1.54) is 0 Å². The van der Waals surface area contributed by atoms with E-state index in [2.05, 4.69) is 22.4 Å². The highest BCUT2D eigenvalue weighted by Gasteiger charge is 2.09. The zero-order valence-electron chi connectivity index (χ0n) is 15.6. The molecule has 2 N–H and O–H groups in total. The van der Waals surface area contributed by atoms with Gasteiger partial charge in [-0.2, -0.15) is 0 Å². The summed E-state index contributed by atoms with van der Waals surface area (Å²) in [6.45, 7) is 0.402. The third-order valence-electron chi connectivity index (χ3n) is 4.42. The summed E-state index contributed by atoms with van der Waals surface area (Å²) in [4.78, 5) is 15.6. The summed E-state index contributed by atoms with van der Waals surface area (Å²) in [5, 5.41) is 2.95. The molecular weight excluding hydrogens is 340 g/mol. The zero-order chi connectivity index (χ0) is 19.1. The number of carbonyl (C=O) groups excluding carboxylic acids is 1. The van der Waals surface area contributed by atoms with Crippen LogP contribution in [0.25, 0.3) is 11.3 Å². The van der Waals surface area contributed by atoms with Crippen LogP contribution in [0.4, 0.5) is 0 Å². The molecule has 0 atom stereocenters. The number of nitrogens with one attached hydrogen (secondary N) is 2. The molecule has 5 nitrogen and oxygen atoms in total. The van der Waals surface area contributed by atoms with Gasteiger partial charge in [0, 0.05) is 29.9 Å². The van der Waals surface area contributed by atoms with Crippen molar-refractivity contribution in [3.05, 3.63) is 71.9 Å². The maximum absolute atomic E-state index is 12.2. The van der Waals surface area contributed by atoms with E-state index in [-0.39, 0.29) is 5.91 Å². The molecule has 1 amide bonds. The molecule has 0 aliphatic rings. The topological polar surface area (TPSA) is 63.4 Å². The minimum atomic E-state index is -0.00395.